The molecule has 0 radical (unpaired) electrons. The highest BCUT2D eigenvalue weighted by Crippen LogP contribution is 2.17. The highest BCUT2D eigenvalue weighted by molar-refractivity contribution is 5.97. The van der Waals surface area contributed by atoms with Gasteiger partial charge >= 0.3 is 0 Å². The predicted molar refractivity (Wildman–Crippen MR) is 304 cm³/mol. The number of carbonyl (C=O) groups excluding carboxylic acids is 9. The third-order valence-electron chi connectivity index (χ3n) is 13.6. The molecule has 0 bridgehead atoms. The summed E-state index contributed by atoms with van der Waals surface area (Å²) in [4.78, 5) is 118. The van der Waals surface area contributed by atoms with Gasteiger partial charge < -0.3 is 88.0 Å². The van der Waals surface area contributed by atoms with Crippen molar-refractivity contribution in [2.24, 2.45) is 10.8 Å². The van der Waals surface area contributed by atoms with Crippen LogP contribution < -0.4 is 64.8 Å². The number of aliphatic hydroxyl groups excluding tert-OH is 4. The number of hydrogen-bond donors (Lipinski definition) is 17. The van der Waals surface area contributed by atoms with E-state index >= 15 is 0 Å². The molecule has 0 aliphatic carbocycles. The molecule has 31 heteroatoms. The number of ether oxygens (including phenoxy) is 3. The van der Waals surface area contributed by atoms with E-state index in [0.29, 0.717) is 25.8 Å². The van der Waals surface area contributed by atoms with Gasteiger partial charge in [-0.3, -0.25) is 53.5 Å². The minimum Gasteiger partial charge on any atom is -0.394 e. The fraction of sp³-hybridized carbons (Fsp3) is 0.811. The second-order valence-electron chi connectivity index (χ2n) is 20.8. The van der Waals surface area contributed by atoms with Gasteiger partial charge in [0.1, 0.15) is 42.7 Å². The van der Waals surface area contributed by atoms with Crippen molar-refractivity contribution in [2.75, 3.05) is 79.4 Å². The maximum atomic E-state index is 13.8. The van der Waals surface area contributed by atoms with E-state index in [1.54, 1.807) is 0 Å². The lowest BCUT2D eigenvalue weighted by atomic mass is 10.0. The number of unbranched alkanes of at least 4 members (excludes halogenated alkanes) is 13. The zero-order valence-corrected chi connectivity index (χ0v) is 49.1. The molecule has 0 aromatic rings. The van der Waals surface area contributed by atoms with E-state index in [1.807, 2.05) is 6.92 Å². The van der Waals surface area contributed by atoms with Crippen LogP contribution in [0.5, 0.6) is 0 Å². The van der Waals surface area contributed by atoms with Crippen LogP contribution in [-0.4, -0.2) is 218 Å². The highest BCUT2D eigenvalue weighted by atomic mass is 16.6. The number of hydrazone groups is 1. The first-order valence-electron chi connectivity index (χ1n) is 29.5. The van der Waals surface area contributed by atoms with Crippen LogP contribution in [0.2, 0.25) is 0 Å². The molecule has 2 rings (SSSR count). The van der Waals surface area contributed by atoms with Gasteiger partial charge in [-0.15, -0.1) is 10.6 Å². The molecule has 84 heavy (non-hydrogen) atoms. The molecule has 18 N–H and O–H groups in total. The Bertz CT molecular complexity index is 1990. The van der Waals surface area contributed by atoms with Crippen molar-refractivity contribution in [3.63, 3.8) is 0 Å². The number of amidine groups is 1. The molecule has 0 aromatic carbocycles. The van der Waals surface area contributed by atoms with Crippen molar-refractivity contribution in [1.29, 1.82) is 0 Å². The summed E-state index contributed by atoms with van der Waals surface area (Å²) < 4.78 is 16.3. The summed E-state index contributed by atoms with van der Waals surface area (Å²) >= 11 is 0. The van der Waals surface area contributed by atoms with Gasteiger partial charge in [0.05, 0.1) is 45.7 Å². The van der Waals surface area contributed by atoms with Gasteiger partial charge in [0.2, 0.25) is 53.2 Å². The number of likely N-dealkylation sites (N-methyl/N-ethyl adjacent to an activating group) is 1. The first-order valence-corrected chi connectivity index (χ1v) is 29.5. The number of rotatable bonds is 49. The van der Waals surface area contributed by atoms with Gasteiger partial charge in [-0.25, -0.2) is 5.53 Å². The lowest BCUT2D eigenvalue weighted by Crippen LogP contribution is -2.60. The first kappa shape index (κ1) is 74.2. The third kappa shape index (κ3) is 34.8. The van der Waals surface area contributed by atoms with Crippen LogP contribution in [0.25, 0.3) is 0 Å². The Hall–Kier alpha value is -5.90. The summed E-state index contributed by atoms with van der Waals surface area (Å²) in [7, 11) is 1.38. The standard InChI is InChI=1S/C53H98N14O17/c1-3-4-18-37(49(77)55-2)59-50(78)38(22-21-36-30-67(31-47(74)75)32-48(76)84-36)60-53(81)41(34-69)62-51(79)39(23-24-42(54)70)61-52(80)40(33-68)58-45(72)29-57-46(73)35-83-28-27-82-26-25-56-44(71)20-17-15-13-11-9-7-5-6-8-10-12-14-16-19-43-63-65-66-64-43/h36-41,47-48,65-66,68-69,74-76H,3-35H2,1-2H3,(H2,54,70)(H,55,77)(H,56,71)(H,57,73)(H,58,72)(H,59,78)(H,60,81)(H,61,80)(H,62,79)(H,63,64). The molecule has 7 atom stereocenters. The van der Waals surface area contributed by atoms with E-state index < -0.39 is 135 Å². The van der Waals surface area contributed by atoms with Crippen molar-refractivity contribution in [3.05, 3.63) is 0 Å². The minimum atomic E-state index is -1.78. The van der Waals surface area contributed by atoms with Gasteiger partial charge in [-0.05, 0) is 38.5 Å². The smallest absolute Gasteiger partial charge is 0.246 e. The van der Waals surface area contributed by atoms with Crippen molar-refractivity contribution >= 4 is 59.0 Å². The topological polar surface area (TPSA) is 456 Å². The Balaban J connectivity index is 1.74. The number of hydrazine groups is 2. The minimum absolute atomic E-state index is 0.00560. The Morgan fingerprint density at radius 1 is 0.643 bits per heavy atom. The monoisotopic (exact) mass is 1200 g/mol. The summed E-state index contributed by atoms with van der Waals surface area (Å²) in [5.74, 6) is -6.26. The number of nitrogens with two attached hydrogens (primary N) is 1. The average molecular weight is 1200 g/mol. The Kier molecular flexibility index (Phi) is 40.2. The second-order valence-corrected chi connectivity index (χ2v) is 20.8. The van der Waals surface area contributed by atoms with Crippen LogP contribution >= 0.6 is 0 Å². The molecule has 1 fully saturated rings. The van der Waals surface area contributed by atoms with Gasteiger partial charge in [-0.1, -0.05) is 90.4 Å². The van der Waals surface area contributed by atoms with E-state index in [9.17, 15) is 68.7 Å². The number of primary amides is 1. The van der Waals surface area contributed by atoms with Crippen LogP contribution in [0.3, 0.4) is 0 Å². The van der Waals surface area contributed by atoms with Crippen molar-refractivity contribution in [2.45, 2.75) is 197 Å². The van der Waals surface area contributed by atoms with Crippen LogP contribution in [-0.2, 0) is 57.4 Å². The van der Waals surface area contributed by atoms with Crippen LogP contribution in [0.1, 0.15) is 148 Å². The molecular weight excluding hydrogens is 1100 g/mol. The lowest BCUT2D eigenvalue weighted by molar-refractivity contribution is -0.195. The first-order chi connectivity index (χ1) is 40.4. The molecule has 7 unspecified atom stereocenters. The number of β-amino-alcohol motifs (C(OH)–C–C–N with tert-alkyl or cyclic N) is 3. The SMILES string of the molecule is CCCCC(NC(=O)C(CCC1CN(CC(O)O)CC(O)O1)NC(=O)C(CO)NC(=O)C(CCC(N)=O)NC(=O)C(CO)NC(=O)CNC(=O)COCCOCCNC(=O)CCCCCCCCCCCCCCCC1=NNNN1)C(=O)NC. The number of morpholine rings is 1. The fourth-order valence-electron chi connectivity index (χ4n) is 9.01. The van der Waals surface area contributed by atoms with Gasteiger partial charge in [0, 0.05) is 52.5 Å². The molecule has 31 nitrogen and oxygen atoms in total. The largest absolute Gasteiger partial charge is 0.394 e. The van der Waals surface area contributed by atoms with E-state index in [-0.39, 0.29) is 64.6 Å². The molecule has 2 aliphatic heterocycles. The van der Waals surface area contributed by atoms with Crippen LogP contribution in [0.15, 0.2) is 5.10 Å². The molecule has 0 saturated carbocycles. The number of nitrogens with one attached hydrogen (secondary N) is 11. The summed E-state index contributed by atoms with van der Waals surface area (Å²) in [5.41, 5.74) is 13.7. The number of hydrogen-bond acceptors (Lipinski definition) is 22. The van der Waals surface area contributed by atoms with Crippen molar-refractivity contribution in [1.82, 2.24) is 63.9 Å². The molecular formula is C53H98N14O17. The maximum Gasteiger partial charge on any atom is 0.246 e. The van der Waals surface area contributed by atoms with Gasteiger partial charge in [0.25, 0.3) is 0 Å². The Labute approximate surface area is 491 Å². The Morgan fingerprint density at radius 2 is 1.19 bits per heavy atom. The second kappa shape index (κ2) is 45.5. The molecule has 482 valence electrons. The van der Waals surface area contributed by atoms with E-state index in [1.165, 1.54) is 69.7 Å². The summed E-state index contributed by atoms with van der Waals surface area (Å²) in [6.07, 6.45) is 13.4. The van der Waals surface area contributed by atoms with Crippen molar-refractivity contribution in [3.8, 4) is 0 Å². The predicted octanol–water partition coefficient (Wildman–Crippen LogP) is -4.25. The summed E-state index contributed by atoms with van der Waals surface area (Å²) in [6, 6.07) is -7.56. The number of aliphatic hydroxyl groups is 5. The number of carbonyl (C=O) groups is 9. The average Bonchev–Trinajstić information content (AvgIpc) is 4.13. The fourth-order valence-corrected chi connectivity index (χ4v) is 9.01. The lowest BCUT2D eigenvalue weighted by Gasteiger charge is -2.36. The van der Waals surface area contributed by atoms with Crippen LogP contribution in [0.4, 0.5) is 0 Å². The molecule has 2 aliphatic rings. The summed E-state index contributed by atoms with van der Waals surface area (Å²) in [5, 5.41) is 73.0. The molecule has 0 spiro atoms. The zero-order chi connectivity index (χ0) is 61.9. The molecule has 1 saturated heterocycles. The summed E-state index contributed by atoms with van der Waals surface area (Å²) in [6.45, 7) is -0.694. The Morgan fingerprint density at radius 3 is 1.75 bits per heavy atom. The zero-order valence-electron chi connectivity index (χ0n) is 49.1. The van der Waals surface area contributed by atoms with Crippen molar-refractivity contribution < 1.29 is 82.9 Å². The van der Waals surface area contributed by atoms with Gasteiger partial charge in [0.15, 0.2) is 12.6 Å². The number of amides is 9. The van der Waals surface area contributed by atoms with Gasteiger partial charge in [-0.2, -0.15) is 0 Å². The highest BCUT2D eigenvalue weighted by Gasteiger charge is 2.34. The number of nitrogens with zero attached hydrogens (tertiary/aromatic N) is 2. The quantitative estimate of drug-likeness (QED) is 0.0203. The molecule has 0 aromatic heterocycles. The van der Waals surface area contributed by atoms with E-state index in [4.69, 9.17) is 19.9 Å². The maximum absolute atomic E-state index is 13.8. The molecule has 2 heterocycles. The molecule has 9 amide bonds. The normalized spacial score (nSPS) is 16.8. The van der Waals surface area contributed by atoms with Crippen LogP contribution in [0, 0.1) is 0 Å². The third-order valence-corrected chi connectivity index (χ3v) is 13.6. The van der Waals surface area contributed by atoms with E-state index in [2.05, 4.69) is 64.1 Å². The van der Waals surface area contributed by atoms with E-state index in [0.717, 1.165) is 37.9 Å².